The Morgan fingerprint density at radius 1 is 1.15 bits per heavy atom. The third-order valence-electron chi connectivity index (χ3n) is 2.89. The van der Waals surface area contributed by atoms with Gasteiger partial charge in [0.2, 0.25) is 6.29 Å². The topological polar surface area (TPSA) is 137 Å². The number of aliphatic hydroxyl groups is 3. The average molecular weight is 286 g/mol. The molecular formula is C12H14O8. The van der Waals surface area contributed by atoms with E-state index >= 15 is 0 Å². The predicted octanol–water partition coefficient (Wildman–Crippen LogP) is -1.31. The van der Waals surface area contributed by atoms with Crippen LogP contribution in [-0.2, 0) is 9.47 Å². The fourth-order valence-corrected chi connectivity index (χ4v) is 1.71. The number of hydrogen-bond donors (Lipinski definition) is 5. The van der Waals surface area contributed by atoms with Gasteiger partial charge in [0, 0.05) is 0 Å². The number of phenols is 2. The highest BCUT2D eigenvalue weighted by Crippen LogP contribution is 2.26. The van der Waals surface area contributed by atoms with Crippen molar-refractivity contribution >= 4 is 5.97 Å². The standard InChI is InChI=1S/C12H14O8/c13-6-2-1-5(3-7(6)14)11(18)20-12-10(17)9(16)8(15)4-19-12/h1-3,8-10,12-17H,4H2/t8-,9+,10-,12+/m1/s1. The molecule has 1 heterocycles. The van der Waals surface area contributed by atoms with Gasteiger partial charge in [-0.15, -0.1) is 0 Å². The first-order valence-corrected chi connectivity index (χ1v) is 5.79. The molecule has 1 fully saturated rings. The molecular weight excluding hydrogens is 272 g/mol. The minimum absolute atomic E-state index is 0.0725. The van der Waals surface area contributed by atoms with Crippen LogP contribution in [0, 0.1) is 0 Å². The van der Waals surface area contributed by atoms with Crippen molar-refractivity contribution in [1.29, 1.82) is 0 Å². The van der Waals surface area contributed by atoms with Crippen molar-refractivity contribution in [3.05, 3.63) is 23.8 Å². The van der Waals surface area contributed by atoms with E-state index in [0.29, 0.717) is 0 Å². The number of rotatable bonds is 2. The van der Waals surface area contributed by atoms with Crippen LogP contribution in [0.3, 0.4) is 0 Å². The summed E-state index contributed by atoms with van der Waals surface area (Å²) in [6.07, 6.45) is -5.78. The summed E-state index contributed by atoms with van der Waals surface area (Å²) in [5.41, 5.74) is -0.0725. The molecule has 1 aliphatic rings. The molecule has 1 saturated heterocycles. The highest BCUT2D eigenvalue weighted by molar-refractivity contribution is 5.90. The minimum Gasteiger partial charge on any atom is -0.504 e. The molecule has 0 unspecified atom stereocenters. The van der Waals surface area contributed by atoms with E-state index in [4.69, 9.17) is 14.6 Å². The third-order valence-corrected chi connectivity index (χ3v) is 2.89. The molecule has 0 aliphatic carbocycles. The number of esters is 1. The monoisotopic (exact) mass is 286 g/mol. The highest BCUT2D eigenvalue weighted by atomic mass is 16.7. The van der Waals surface area contributed by atoms with Crippen LogP contribution >= 0.6 is 0 Å². The zero-order chi connectivity index (χ0) is 14.9. The summed E-state index contributed by atoms with van der Waals surface area (Å²) < 4.78 is 9.73. The van der Waals surface area contributed by atoms with Crippen LogP contribution < -0.4 is 0 Å². The molecule has 4 atom stereocenters. The molecule has 1 aromatic rings. The zero-order valence-electron chi connectivity index (χ0n) is 10.2. The lowest BCUT2D eigenvalue weighted by molar-refractivity contribution is -0.251. The fourth-order valence-electron chi connectivity index (χ4n) is 1.71. The fraction of sp³-hybridized carbons (Fsp3) is 0.417. The molecule has 0 aromatic heterocycles. The molecule has 1 aliphatic heterocycles. The normalized spacial score (nSPS) is 29.9. The van der Waals surface area contributed by atoms with Crippen molar-refractivity contribution in [2.45, 2.75) is 24.6 Å². The van der Waals surface area contributed by atoms with E-state index < -0.39 is 42.1 Å². The number of hydrogen-bond acceptors (Lipinski definition) is 8. The van der Waals surface area contributed by atoms with Crippen molar-refractivity contribution < 1.29 is 39.8 Å². The number of carbonyl (C=O) groups is 1. The van der Waals surface area contributed by atoms with Gasteiger partial charge < -0.3 is 35.0 Å². The van der Waals surface area contributed by atoms with Gasteiger partial charge in [-0.05, 0) is 18.2 Å². The van der Waals surface area contributed by atoms with E-state index in [0.717, 1.165) is 12.1 Å². The van der Waals surface area contributed by atoms with Crippen LogP contribution in [0.25, 0.3) is 0 Å². The number of aliphatic hydroxyl groups excluding tert-OH is 3. The first-order chi connectivity index (χ1) is 9.40. The van der Waals surface area contributed by atoms with E-state index in [9.17, 15) is 25.2 Å². The van der Waals surface area contributed by atoms with E-state index in [1.54, 1.807) is 0 Å². The minimum atomic E-state index is -1.59. The summed E-state index contributed by atoms with van der Waals surface area (Å²) in [5.74, 6) is -1.82. The van der Waals surface area contributed by atoms with Crippen molar-refractivity contribution in [1.82, 2.24) is 0 Å². The van der Waals surface area contributed by atoms with Crippen molar-refractivity contribution in [2.75, 3.05) is 6.61 Å². The molecule has 0 spiro atoms. The number of benzene rings is 1. The molecule has 0 radical (unpaired) electrons. The Labute approximate surface area is 113 Å². The maximum absolute atomic E-state index is 11.8. The van der Waals surface area contributed by atoms with Gasteiger partial charge in [-0.2, -0.15) is 0 Å². The van der Waals surface area contributed by atoms with Crippen molar-refractivity contribution in [3.8, 4) is 11.5 Å². The lowest BCUT2D eigenvalue weighted by Gasteiger charge is -2.34. The Morgan fingerprint density at radius 3 is 2.50 bits per heavy atom. The van der Waals surface area contributed by atoms with E-state index in [-0.39, 0.29) is 12.2 Å². The second kappa shape index (κ2) is 5.63. The van der Waals surface area contributed by atoms with Gasteiger partial charge in [0.25, 0.3) is 0 Å². The molecule has 110 valence electrons. The zero-order valence-corrected chi connectivity index (χ0v) is 10.2. The van der Waals surface area contributed by atoms with Crippen LogP contribution in [0.1, 0.15) is 10.4 Å². The molecule has 0 bridgehead atoms. The van der Waals surface area contributed by atoms with Gasteiger partial charge >= 0.3 is 5.97 Å². The Hall–Kier alpha value is -1.87. The molecule has 0 amide bonds. The van der Waals surface area contributed by atoms with Gasteiger partial charge in [-0.1, -0.05) is 0 Å². The second-order valence-corrected chi connectivity index (χ2v) is 4.36. The SMILES string of the molecule is O=C(O[C@@H]1OC[C@@H](O)[C@H](O)[C@H]1O)c1ccc(O)c(O)c1. The lowest BCUT2D eigenvalue weighted by Crippen LogP contribution is -2.54. The van der Waals surface area contributed by atoms with Crippen molar-refractivity contribution in [2.24, 2.45) is 0 Å². The Balaban J connectivity index is 2.06. The third kappa shape index (κ3) is 2.83. The first kappa shape index (κ1) is 14.5. The second-order valence-electron chi connectivity index (χ2n) is 4.36. The summed E-state index contributed by atoms with van der Waals surface area (Å²) in [5, 5.41) is 46.7. The summed E-state index contributed by atoms with van der Waals surface area (Å²) in [7, 11) is 0. The van der Waals surface area contributed by atoms with Gasteiger partial charge in [0.15, 0.2) is 11.5 Å². The van der Waals surface area contributed by atoms with Gasteiger partial charge in [-0.25, -0.2) is 4.79 Å². The van der Waals surface area contributed by atoms with Gasteiger partial charge in [0.05, 0.1) is 12.2 Å². The number of aromatic hydroxyl groups is 2. The molecule has 8 heteroatoms. The van der Waals surface area contributed by atoms with Crippen LogP contribution in [0.15, 0.2) is 18.2 Å². The average Bonchev–Trinajstić information content (AvgIpc) is 2.42. The summed E-state index contributed by atoms with van der Waals surface area (Å²) >= 11 is 0. The maximum Gasteiger partial charge on any atom is 0.340 e. The Morgan fingerprint density at radius 2 is 1.85 bits per heavy atom. The smallest absolute Gasteiger partial charge is 0.340 e. The van der Waals surface area contributed by atoms with E-state index in [1.807, 2.05) is 0 Å². The predicted molar refractivity (Wildman–Crippen MR) is 62.9 cm³/mol. The summed E-state index contributed by atoms with van der Waals surface area (Å²) in [4.78, 5) is 11.8. The van der Waals surface area contributed by atoms with Gasteiger partial charge in [-0.3, -0.25) is 0 Å². The Bertz CT molecular complexity index is 502. The van der Waals surface area contributed by atoms with Crippen LogP contribution in [0.4, 0.5) is 0 Å². The molecule has 8 nitrogen and oxygen atoms in total. The number of phenolic OH excluding ortho intramolecular Hbond substituents is 2. The van der Waals surface area contributed by atoms with E-state index in [1.165, 1.54) is 6.07 Å². The quantitative estimate of drug-likeness (QED) is 0.334. The molecule has 5 N–H and O–H groups in total. The summed E-state index contributed by atoms with van der Waals surface area (Å²) in [6.45, 7) is -0.295. The van der Waals surface area contributed by atoms with E-state index in [2.05, 4.69) is 0 Å². The molecule has 0 saturated carbocycles. The largest absolute Gasteiger partial charge is 0.504 e. The van der Waals surface area contributed by atoms with Crippen LogP contribution in [0.2, 0.25) is 0 Å². The first-order valence-electron chi connectivity index (χ1n) is 5.79. The van der Waals surface area contributed by atoms with Crippen molar-refractivity contribution in [3.63, 3.8) is 0 Å². The highest BCUT2D eigenvalue weighted by Gasteiger charge is 2.39. The number of ether oxygens (including phenoxy) is 2. The lowest BCUT2D eigenvalue weighted by atomic mass is 10.1. The maximum atomic E-state index is 11.8. The summed E-state index contributed by atoms with van der Waals surface area (Å²) in [6, 6.07) is 3.29. The van der Waals surface area contributed by atoms with Gasteiger partial charge in [0.1, 0.15) is 18.3 Å². The van der Waals surface area contributed by atoms with Crippen LogP contribution in [0.5, 0.6) is 11.5 Å². The van der Waals surface area contributed by atoms with Crippen LogP contribution in [-0.4, -0.2) is 62.7 Å². The molecule has 1 aromatic carbocycles. The Kier molecular flexibility index (Phi) is 4.09. The number of carbonyl (C=O) groups excluding carboxylic acids is 1. The molecule has 20 heavy (non-hydrogen) atoms. The molecule has 2 rings (SSSR count).